The number of hydrogen-bond acceptors (Lipinski definition) is 4. The minimum absolute atomic E-state index is 0.0263. The Morgan fingerprint density at radius 2 is 1.81 bits per heavy atom. The lowest BCUT2D eigenvalue weighted by molar-refractivity contribution is -0.137. The van der Waals surface area contributed by atoms with Crippen LogP contribution in [0.15, 0.2) is 49.0 Å². The van der Waals surface area contributed by atoms with Crippen LogP contribution in [0.4, 0.5) is 23.4 Å². The van der Waals surface area contributed by atoms with Crippen molar-refractivity contribution in [3.63, 3.8) is 0 Å². The predicted molar refractivity (Wildman–Crippen MR) is 137 cm³/mol. The molecule has 0 saturated carbocycles. The lowest BCUT2D eigenvalue weighted by atomic mass is 10.0. The smallest absolute Gasteiger partial charge is 0.340 e. The van der Waals surface area contributed by atoms with Gasteiger partial charge in [0.15, 0.2) is 5.82 Å². The Labute approximate surface area is 209 Å². The van der Waals surface area contributed by atoms with Crippen molar-refractivity contribution in [3.8, 4) is 11.4 Å². The monoisotopic (exact) mass is 500 g/mol. The van der Waals surface area contributed by atoms with Crippen LogP contribution in [0.3, 0.4) is 0 Å². The average molecular weight is 501 g/mol. The van der Waals surface area contributed by atoms with Crippen molar-refractivity contribution >= 4 is 11.5 Å². The van der Waals surface area contributed by atoms with Gasteiger partial charge in [0, 0.05) is 28.9 Å². The fourth-order valence-electron chi connectivity index (χ4n) is 3.99. The molecule has 0 amide bonds. The second-order valence-corrected chi connectivity index (χ2v) is 8.71. The molecule has 0 saturated heterocycles. The summed E-state index contributed by atoms with van der Waals surface area (Å²) in [6.07, 6.45) is 0.144. The van der Waals surface area contributed by atoms with E-state index in [9.17, 15) is 17.6 Å². The quantitative estimate of drug-likeness (QED) is 0.344. The predicted octanol–water partition coefficient (Wildman–Crippen LogP) is 7.53. The van der Waals surface area contributed by atoms with E-state index in [1.807, 2.05) is 6.92 Å². The van der Waals surface area contributed by atoms with Gasteiger partial charge in [-0.1, -0.05) is 64.0 Å². The summed E-state index contributed by atoms with van der Waals surface area (Å²) in [7, 11) is 0. The van der Waals surface area contributed by atoms with Gasteiger partial charge in [-0.2, -0.15) is 13.2 Å². The van der Waals surface area contributed by atoms with E-state index in [1.54, 1.807) is 6.07 Å². The van der Waals surface area contributed by atoms with E-state index < -0.39 is 17.6 Å². The molecule has 0 radical (unpaired) electrons. The van der Waals surface area contributed by atoms with E-state index >= 15 is 0 Å². The first-order valence-corrected chi connectivity index (χ1v) is 12.1. The molecule has 0 spiro atoms. The maximum atomic E-state index is 13.8. The van der Waals surface area contributed by atoms with Gasteiger partial charge < -0.3 is 10.6 Å². The number of unbranched alkanes of at least 4 members (excludes halogenated alkanes) is 2. The van der Waals surface area contributed by atoms with Gasteiger partial charge in [0.25, 0.3) is 0 Å². The van der Waals surface area contributed by atoms with Gasteiger partial charge in [0.1, 0.15) is 11.6 Å². The fourth-order valence-corrected chi connectivity index (χ4v) is 3.99. The van der Waals surface area contributed by atoms with E-state index in [-0.39, 0.29) is 11.4 Å². The Bertz CT molecular complexity index is 1200. The topological polar surface area (TPSA) is 49.8 Å². The van der Waals surface area contributed by atoms with Gasteiger partial charge in [0.2, 0.25) is 0 Å². The van der Waals surface area contributed by atoms with Crippen molar-refractivity contribution < 1.29 is 17.6 Å². The number of aryl methyl sites for hydroxylation is 1. The van der Waals surface area contributed by atoms with Crippen molar-refractivity contribution in [1.29, 1.82) is 0 Å². The largest absolute Gasteiger partial charge is 0.417 e. The molecule has 1 aromatic heterocycles. The summed E-state index contributed by atoms with van der Waals surface area (Å²) in [4.78, 5) is 8.87. The zero-order valence-electron chi connectivity index (χ0n) is 20.9. The van der Waals surface area contributed by atoms with Gasteiger partial charge in [-0.3, -0.25) is 0 Å². The van der Waals surface area contributed by atoms with Crippen molar-refractivity contribution in [2.45, 2.75) is 59.2 Å². The number of nitrogens with one attached hydrogen (secondary N) is 2. The van der Waals surface area contributed by atoms with E-state index in [1.165, 1.54) is 49.6 Å². The van der Waals surface area contributed by atoms with Crippen LogP contribution < -0.4 is 10.6 Å². The summed E-state index contributed by atoms with van der Waals surface area (Å²) in [5.74, 6) is -0.0500. The van der Waals surface area contributed by atoms with Crippen LogP contribution in [0, 0.1) is 12.7 Å². The molecule has 1 aliphatic rings. The standard InChI is InChI=1S/C23H20F4N4.C5H12/c1-13-7-8-15(24)11-18(13)14(2)29-22-17-9-10-28-12-20(17)30-21(31-22)16-5-3-4-6-19(16)23(25,26)27;1-3-5-4-2/h3-8,11,28H,2,9-10,12H2,1H3,(H,29,30,31);3-5H2,1-2H3. The molecule has 0 atom stereocenters. The molecule has 2 heterocycles. The van der Waals surface area contributed by atoms with Gasteiger partial charge in [-0.25, -0.2) is 14.4 Å². The molecule has 2 aromatic carbocycles. The molecule has 8 heteroatoms. The van der Waals surface area contributed by atoms with Crippen LogP contribution in [0.5, 0.6) is 0 Å². The van der Waals surface area contributed by atoms with Crippen LogP contribution in [-0.2, 0) is 19.1 Å². The molecule has 2 N–H and O–H groups in total. The Morgan fingerprint density at radius 1 is 1.08 bits per heavy atom. The third-order valence-electron chi connectivity index (χ3n) is 5.91. The van der Waals surface area contributed by atoms with E-state index in [4.69, 9.17) is 0 Å². The van der Waals surface area contributed by atoms with E-state index in [2.05, 4.69) is 41.0 Å². The summed E-state index contributed by atoms with van der Waals surface area (Å²) in [6, 6.07) is 9.58. The maximum absolute atomic E-state index is 13.8. The molecule has 3 aromatic rings. The Hall–Kier alpha value is -3.26. The molecule has 0 unspecified atom stereocenters. The lowest BCUT2D eigenvalue weighted by Gasteiger charge is -2.22. The summed E-state index contributed by atoms with van der Waals surface area (Å²) in [6.45, 7) is 11.4. The Morgan fingerprint density at radius 3 is 2.47 bits per heavy atom. The minimum Gasteiger partial charge on any atom is -0.340 e. The second kappa shape index (κ2) is 12.1. The fraction of sp³-hybridized carbons (Fsp3) is 0.357. The maximum Gasteiger partial charge on any atom is 0.417 e. The number of alkyl halides is 3. The molecule has 36 heavy (non-hydrogen) atoms. The molecule has 1 aliphatic heterocycles. The molecule has 0 bridgehead atoms. The van der Waals surface area contributed by atoms with E-state index in [0.717, 1.165) is 17.2 Å². The third-order valence-corrected chi connectivity index (χ3v) is 5.91. The first kappa shape index (κ1) is 27.3. The van der Waals surface area contributed by atoms with Crippen LogP contribution in [-0.4, -0.2) is 16.5 Å². The number of fused-ring (bicyclic) bond motifs is 1. The van der Waals surface area contributed by atoms with Crippen molar-refractivity contribution in [3.05, 3.63) is 82.8 Å². The number of aromatic nitrogens is 2. The SMILES string of the molecule is C=C(Nc1nc(-c2ccccc2C(F)(F)F)nc2c1CCNC2)c1cc(F)ccc1C.CCCCC. The second-order valence-electron chi connectivity index (χ2n) is 8.71. The van der Waals surface area contributed by atoms with Gasteiger partial charge in [-0.05, 0) is 43.7 Å². The van der Waals surface area contributed by atoms with E-state index in [0.29, 0.717) is 42.3 Å². The summed E-state index contributed by atoms with van der Waals surface area (Å²) in [5, 5.41) is 6.28. The highest BCUT2D eigenvalue weighted by molar-refractivity contribution is 5.78. The number of halogens is 4. The third kappa shape index (κ3) is 6.69. The summed E-state index contributed by atoms with van der Waals surface area (Å²) >= 11 is 0. The number of rotatable bonds is 6. The molecule has 4 nitrogen and oxygen atoms in total. The molecule has 4 rings (SSSR count). The Balaban J connectivity index is 0.000000658. The van der Waals surface area contributed by atoms with Crippen molar-refractivity contribution in [2.75, 3.05) is 11.9 Å². The van der Waals surface area contributed by atoms with Gasteiger partial charge in [0.05, 0.1) is 11.3 Å². The van der Waals surface area contributed by atoms with Crippen LogP contribution in [0.2, 0.25) is 0 Å². The highest BCUT2D eigenvalue weighted by atomic mass is 19.4. The molecular formula is C28H32F4N4. The van der Waals surface area contributed by atoms with Crippen molar-refractivity contribution in [2.24, 2.45) is 0 Å². The first-order chi connectivity index (χ1) is 17.2. The molecule has 0 fully saturated rings. The van der Waals surface area contributed by atoms with Gasteiger partial charge >= 0.3 is 6.18 Å². The number of nitrogens with zero attached hydrogens (tertiary/aromatic N) is 2. The molecular weight excluding hydrogens is 468 g/mol. The zero-order valence-corrected chi connectivity index (χ0v) is 20.9. The molecule has 192 valence electrons. The highest BCUT2D eigenvalue weighted by Gasteiger charge is 2.34. The van der Waals surface area contributed by atoms with Crippen LogP contribution in [0.25, 0.3) is 17.1 Å². The summed E-state index contributed by atoms with van der Waals surface area (Å²) in [5.41, 5.74) is 2.32. The zero-order chi connectivity index (χ0) is 26.3. The number of hydrogen-bond donors (Lipinski definition) is 2. The number of anilines is 1. The van der Waals surface area contributed by atoms with Crippen LogP contribution >= 0.6 is 0 Å². The van der Waals surface area contributed by atoms with Crippen LogP contribution in [0.1, 0.15) is 61.1 Å². The first-order valence-electron chi connectivity index (χ1n) is 12.1. The highest BCUT2D eigenvalue weighted by Crippen LogP contribution is 2.37. The van der Waals surface area contributed by atoms with Gasteiger partial charge in [-0.15, -0.1) is 0 Å². The minimum atomic E-state index is -4.54. The average Bonchev–Trinajstić information content (AvgIpc) is 2.85. The normalized spacial score (nSPS) is 12.9. The lowest BCUT2D eigenvalue weighted by Crippen LogP contribution is -2.26. The Kier molecular flexibility index (Phi) is 9.20. The summed E-state index contributed by atoms with van der Waals surface area (Å²) < 4.78 is 54.4. The molecule has 0 aliphatic carbocycles. The number of benzene rings is 2. The van der Waals surface area contributed by atoms with Crippen molar-refractivity contribution in [1.82, 2.24) is 15.3 Å².